The van der Waals surface area contributed by atoms with Crippen LogP contribution in [0.5, 0.6) is 11.5 Å². The van der Waals surface area contributed by atoms with E-state index in [1.165, 1.54) is 0 Å². The molecule has 0 fully saturated rings. The summed E-state index contributed by atoms with van der Waals surface area (Å²) >= 11 is 0. The van der Waals surface area contributed by atoms with E-state index in [-0.39, 0.29) is 12.5 Å². The highest BCUT2D eigenvalue weighted by Crippen LogP contribution is 2.32. The zero-order valence-corrected chi connectivity index (χ0v) is 15.5. The standard InChI is InChI=1S/C21H23N3O4/c22-21(26)17-10-14-4-1-2-5-15(14)12-24(17)13-20(25)23-16-6-7-18-19(11-16)28-9-3-8-27-18/h1-2,4-7,11,17H,3,8-10,12-13H2,(H2,22,26)(H,23,25)/t17-/m0/s1. The van der Waals surface area contributed by atoms with Crippen molar-refractivity contribution in [3.63, 3.8) is 0 Å². The summed E-state index contributed by atoms with van der Waals surface area (Å²) < 4.78 is 11.3. The minimum Gasteiger partial charge on any atom is -0.490 e. The van der Waals surface area contributed by atoms with Gasteiger partial charge < -0.3 is 20.5 Å². The molecule has 28 heavy (non-hydrogen) atoms. The lowest BCUT2D eigenvalue weighted by molar-refractivity contribution is -0.125. The van der Waals surface area contributed by atoms with Gasteiger partial charge >= 0.3 is 0 Å². The van der Waals surface area contributed by atoms with Gasteiger partial charge in [0.1, 0.15) is 0 Å². The van der Waals surface area contributed by atoms with Gasteiger partial charge in [0, 0.05) is 24.7 Å². The minimum absolute atomic E-state index is 0.0797. The highest BCUT2D eigenvalue weighted by atomic mass is 16.5. The van der Waals surface area contributed by atoms with Crippen LogP contribution in [0.4, 0.5) is 5.69 Å². The Kier molecular flexibility index (Phi) is 5.16. The zero-order valence-electron chi connectivity index (χ0n) is 15.5. The summed E-state index contributed by atoms with van der Waals surface area (Å²) in [6, 6.07) is 12.8. The van der Waals surface area contributed by atoms with Gasteiger partial charge in [-0.3, -0.25) is 14.5 Å². The lowest BCUT2D eigenvalue weighted by Gasteiger charge is -2.34. The van der Waals surface area contributed by atoms with E-state index in [2.05, 4.69) is 5.32 Å². The zero-order chi connectivity index (χ0) is 19.5. The molecule has 0 radical (unpaired) electrons. The van der Waals surface area contributed by atoms with E-state index < -0.39 is 11.9 Å². The molecular formula is C21H23N3O4. The SMILES string of the molecule is NC(=O)[C@@H]1Cc2ccccc2CN1CC(=O)Nc1ccc2c(c1)OCCCO2. The first-order valence-corrected chi connectivity index (χ1v) is 9.40. The van der Waals surface area contributed by atoms with Crippen molar-refractivity contribution in [3.8, 4) is 11.5 Å². The quantitative estimate of drug-likeness (QED) is 0.841. The van der Waals surface area contributed by atoms with E-state index in [0.29, 0.717) is 43.4 Å². The van der Waals surface area contributed by atoms with Crippen LogP contribution in [0.1, 0.15) is 17.5 Å². The van der Waals surface area contributed by atoms with Gasteiger partial charge in [-0.1, -0.05) is 24.3 Å². The van der Waals surface area contributed by atoms with E-state index in [4.69, 9.17) is 15.2 Å². The van der Waals surface area contributed by atoms with Gasteiger partial charge in [0.25, 0.3) is 0 Å². The molecule has 2 heterocycles. The van der Waals surface area contributed by atoms with Crippen LogP contribution in [0.15, 0.2) is 42.5 Å². The largest absolute Gasteiger partial charge is 0.490 e. The molecule has 7 nitrogen and oxygen atoms in total. The smallest absolute Gasteiger partial charge is 0.238 e. The monoisotopic (exact) mass is 381 g/mol. The summed E-state index contributed by atoms with van der Waals surface area (Å²) in [4.78, 5) is 26.4. The Morgan fingerprint density at radius 3 is 2.61 bits per heavy atom. The predicted molar refractivity (Wildman–Crippen MR) is 104 cm³/mol. The molecule has 0 aliphatic carbocycles. The Balaban J connectivity index is 1.45. The number of benzene rings is 2. The van der Waals surface area contributed by atoms with Crippen LogP contribution >= 0.6 is 0 Å². The Labute approximate surface area is 163 Å². The maximum Gasteiger partial charge on any atom is 0.238 e. The number of nitrogens with zero attached hydrogens (tertiary/aromatic N) is 1. The Bertz CT molecular complexity index is 899. The van der Waals surface area contributed by atoms with E-state index in [9.17, 15) is 9.59 Å². The van der Waals surface area contributed by atoms with Crippen molar-refractivity contribution in [2.24, 2.45) is 5.73 Å². The van der Waals surface area contributed by atoms with E-state index in [0.717, 1.165) is 17.5 Å². The van der Waals surface area contributed by atoms with Crippen molar-refractivity contribution >= 4 is 17.5 Å². The molecule has 146 valence electrons. The summed E-state index contributed by atoms with van der Waals surface area (Å²) in [5.41, 5.74) is 8.44. The summed E-state index contributed by atoms with van der Waals surface area (Å²) in [6.45, 7) is 1.79. The number of ether oxygens (including phenoxy) is 2. The topological polar surface area (TPSA) is 93.9 Å². The molecule has 2 aromatic carbocycles. The predicted octanol–water partition coefficient (Wildman–Crippen LogP) is 1.70. The molecule has 3 N–H and O–H groups in total. The number of nitrogens with one attached hydrogen (secondary N) is 1. The molecule has 7 heteroatoms. The summed E-state index contributed by atoms with van der Waals surface area (Å²) in [5, 5.41) is 2.87. The fourth-order valence-corrected chi connectivity index (χ4v) is 3.65. The first-order chi connectivity index (χ1) is 13.6. The summed E-state index contributed by atoms with van der Waals surface area (Å²) in [7, 11) is 0. The van der Waals surface area contributed by atoms with Crippen LogP contribution in [-0.2, 0) is 22.6 Å². The highest BCUT2D eigenvalue weighted by molar-refractivity contribution is 5.93. The third-order valence-electron chi connectivity index (χ3n) is 5.05. The number of nitrogens with two attached hydrogens (primary N) is 1. The van der Waals surface area contributed by atoms with Crippen LogP contribution in [0.3, 0.4) is 0 Å². The maximum absolute atomic E-state index is 12.6. The van der Waals surface area contributed by atoms with Crippen LogP contribution in [-0.4, -0.2) is 42.5 Å². The maximum atomic E-state index is 12.6. The van der Waals surface area contributed by atoms with E-state index in [1.807, 2.05) is 29.2 Å². The number of carbonyl (C=O) groups is 2. The highest BCUT2D eigenvalue weighted by Gasteiger charge is 2.31. The number of amides is 2. The number of rotatable bonds is 4. The summed E-state index contributed by atoms with van der Waals surface area (Å²) in [6.07, 6.45) is 1.34. The van der Waals surface area contributed by atoms with Crippen LogP contribution in [0.25, 0.3) is 0 Å². The second-order valence-corrected chi connectivity index (χ2v) is 7.06. The lowest BCUT2D eigenvalue weighted by atomic mass is 9.93. The number of anilines is 1. The Morgan fingerprint density at radius 2 is 1.82 bits per heavy atom. The minimum atomic E-state index is -0.496. The number of primary amides is 1. The van der Waals surface area contributed by atoms with Gasteiger partial charge in [-0.25, -0.2) is 0 Å². The van der Waals surface area contributed by atoms with Crippen LogP contribution in [0, 0.1) is 0 Å². The first-order valence-electron chi connectivity index (χ1n) is 9.40. The molecule has 4 rings (SSSR count). The third-order valence-corrected chi connectivity index (χ3v) is 5.05. The molecule has 0 unspecified atom stereocenters. The molecule has 2 aliphatic heterocycles. The van der Waals surface area contributed by atoms with Crippen molar-refractivity contribution in [1.29, 1.82) is 0 Å². The molecule has 2 amide bonds. The Morgan fingerprint density at radius 1 is 1.07 bits per heavy atom. The fourth-order valence-electron chi connectivity index (χ4n) is 3.65. The molecule has 2 aromatic rings. The second-order valence-electron chi connectivity index (χ2n) is 7.06. The number of hydrogen-bond donors (Lipinski definition) is 2. The van der Waals surface area contributed by atoms with Crippen molar-refractivity contribution in [2.75, 3.05) is 25.1 Å². The third kappa shape index (κ3) is 3.94. The van der Waals surface area contributed by atoms with Gasteiger partial charge in [-0.15, -0.1) is 0 Å². The first kappa shape index (κ1) is 18.3. The number of carbonyl (C=O) groups excluding carboxylic acids is 2. The van der Waals surface area contributed by atoms with Crippen molar-refractivity contribution in [3.05, 3.63) is 53.6 Å². The summed E-state index contributed by atoms with van der Waals surface area (Å²) in [5.74, 6) is 0.673. The molecule has 0 bridgehead atoms. The Hall–Kier alpha value is -3.06. The van der Waals surface area contributed by atoms with Crippen LogP contribution < -0.4 is 20.5 Å². The lowest BCUT2D eigenvalue weighted by Crippen LogP contribution is -2.50. The molecule has 0 saturated carbocycles. The van der Waals surface area contributed by atoms with Crippen molar-refractivity contribution < 1.29 is 19.1 Å². The molecule has 2 aliphatic rings. The number of fused-ring (bicyclic) bond motifs is 2. The average Bonchev–Trinajstić information content (AvgIpc) is 2.92. The molecule has 0 saturated heterocycles. The van der Waals surface area contributed by atoms with Crippen LogP contribution in [0.2, 0.25) is 0 Å². The molecule has 0 aromatic heterocycles. The van der Waals surface area contributed by atoms with Gasteiger partial charge in [0.05, 0.1) is 25.8 Å². The normalized spacial score (nSPS) is 18.6. The van der Waals surface area contributed by atoms with Crippen molar-refractivity contribution in [1.82, 2.24) is 4.90 Å². The molecule has 1 atom stereocenters. The van der Waals surface area contributed by atoms with Crippen molar-refractivity contribution in [2.45, 2.75) is 25.4 Å². The molecule has 0 spiro atoms. The van der Waals surface area contributed by atoms with E-state index >= 15 is 0 Å². The number of hydrogen-bond acceptors (Lipinski definition) is 5. The average molecular weight is 381 g/mol. The van der Waals surface area contributed by atoms with Gasteiger partial charge in [0.2, 0.25) is 11.8 Å². The van der Waals surface area contributed by atoms with Gasteiger partial charge in [-0.05, 0) is 29.7 Å². The fraction of sp³-hybridized carbons (Fsp3) is 0.333. The second kappa shape index (κ2) is 7.90. The van der Waals surface area contributed by atoms with Gasteiger partial charge in [0.15, 0.2) is 11.5 Å². The van der Waals surface area contributed by atoms with Gasteiger partial charge in [-0.2, -0.15) is 0 Å². The van der Waals surface area contributed by atoms with E-state index in [1.54, 1.807) is 18.2 Å². The molecular weight excluding hydrogens is 358 g/mol.